The van der Waals surface area contributed by atoms with Crippen molar-refractivity contribution in [3.05, 3.63) is 0 Å². The van der Waals surface area contributed by atoms with Crippen LogP contribution in [0.3, 0.4) is 0 Å². The van der Waals surface area contributed by atoms with Gasteiger partial charge in [0, 0.05) is 7.11 Å². The molecule has 3 rings (SSSR count). The maximum absolute atomic E-state index is 12.2. The zero-order valence-corrected chi connectivity index (χ0v) is 26.2. The third kappa shape index (κ3) is 11.1. The monoisotopic (exact) mass is 754 g/mol. The van der Waals surface area contributed by atoms with Gasteiger partial charge in [0.2, 0.25) is 0 Å². The van der Waals surface area contributed by atoms with Gasteiger partial charge in [0.25, 0.3) is 0 Å². The van der Waals surface area contributed by atoms with Gasteiger partial charge in [-0.3, -0.25) is 13.7 Å². The number of carboxylic acids is 1. The maximum atomic E-state index is 12.2. The molecule has 0 unspecified atom stereocenters. The molecule has 25 nitrogen and oxygen atoms in total. The number of carbonyl (C=O) groups is 1. The van der Waals surface area contributed by atoms with Crippen LogP contribution in [0.2, 0.25) is 0 Å². The Bertz CT molecular complexity index is 1380. The number of hydrogen-bond acceptors (Lipinski definition) is 19. The van der Waals surface area contributed by atoms with E-state index < -0.39 is 137 Å². The average Bonchev–Trinajstić information content (AvgIpc) is 3.39. The molecule has 276 valence electrons. The predicted molar refractivity (Wildman–Crippen MR) is 141 cm³/mol. The fraction of sp³-hybridized carbons (Fsp3) is 0.947. The van der Waals surface area contributed by atoms with Crippen LogP contribution in [-0.4, -0.2) is 184 Å². The lowest BCUT2D eigenvalue weighted by Crippen LogP contribution is -2.66. The molecule has 3 heterocycles. The number of fused-ring (bicyclic) bond motifs is 2. The van der Waals surface area contributed by atoms with Crippen molar-refractivity contribution >= 4 is 37.0 Å². The number of methoxy groups -OCH3 is 1. The molecule has 10 N–H and O–H groups in total. The summed E-state index contributed by atoms with van der Waals surface area (Å²) < 4.78 is 140. The summed E-state index contributed by atoms with van der Waals surface area (Å²) >= 11 is 0. The van der Waals surface area contributed by atoms with Crippen LogP contribution in [0.1, 0.15) is 0 Å². The Balaban J connectivity index is 1.84. The molecule has 0 amide bonds. The number of hydrogen-bond donors (Lipinski definition) is 10. The summed E-state index contributed by atoms with van der Waals surface area (Å²) in [5.41, 5.74) is 0. The van der Waals surface area contributed by atoms with Crippen molar-refractivity contribution in [2.75, 3.05) is 33.5 Å². The van der Waals surface area contributed by atoms with Crippen LogP contribution >= 0.6 is 0 Å². The van der Waals surface area contributed by atoms with E-state index in [2.05, 4.69) is 4.18 Å². The smallest absolute Gasteiger partial charge is 0.397 e. The Kier molecular flexibility index (Phi) is 13.7. The van der Waals surface area contributed by atoms with Crippen molar-refractivity contribution in [2.24, 2.45) is 0 Å². The van der Waals surface area contributed by atoms with Crippen LogP contribution in [0.25, 0.3) is 0 Å². The highest BCUT2D eigenvalue weighted by molar-refractivity contribution is 7.84. The van der Waals surface area contributed by atoms with E-state index in [0.717, 1.165) is 7.11 Å². The van der Waals surface area contributed by atoms with Gasteiger partial charge in [-0.2, -0.15) is 34.7 Å². The lowest BCUT2D eigenvalue weighted by atomic mass is 9.97. The maximum Gasteiger partial charge on any atom is 0.397 e. The first kappa shape index (κ1) is 40.1. The highest BCUT2D eigenvalue weighted by atomic mass is 32.3. The number of aliphatic hydroxyl groups is 4. The third-order valence-corrected chi connectivity index (χ3v) is 8.39. The lowest BCUT2D eigenvalue weighted by Gasteiger charge is -2.44. The van der Waals surface area contributed by atoms with Gasteiger partial charge in [-0.1, -0.05) is 0 Å². The van der Waals surface area contributed by atoms with E-state index in [1.165, 1.54) is 0 Å². The molecule has 0 aliphatic carbocycles. The molecule has 0 aromatic rings. The number of ether oxygens (including phenoxy) is 7. The first-order valence-electron chi connectivity index (χ1n) is 13.0. The zero-order valence-electron chi connectivity index (χ0n) is 23.8. The van der Waals surface area contributed by atoms with Crippen LogP contribution in [0, 0.1) is 0 Å². The summed E-state index contributed by atoms with van der Waals surface area (Å²) in [4.78, 5) is 12.2. The molecule has 0 aromatic heterocycles. The van der Waals surface area contributed by atoms with E-state index in [4.69, 9.17) is 42.3 Å². The average molecular weight is 755 g/mol. The van der Waals surface area contributed by atoms with Crippen molar-refractivity contribution in [2.45, 2.75) is 79.8 Å². The minimum Gasteiger partial charge on any atom is -0.479 e. The third-order valence-electron chi connectivity index (χ3n) is 6.82. The first-order valence-corrected chi connectivity index (χ1v) is 17.3. The highest BCUT2D eigenvalue weighted by Gasteiger charge is 2.53. The molecule has 0 aromatic carbocycles. The van der Waals surface area contributed by atoms with E-state index >= 15 is 0 Å². The molecule has 0 spiro atoms. The molecule has 13 atom stereocenters. The SMILES string of the molecule is CO[C@H]1[C@H](O)[C@@H](NS(=O)(=O)O)[C@@H](O[C@@H](CO)[C@H](O[C@H](CO)O[C@H]2[C@H](O)[C@@H](NS(=O)(=O)O)[C@@H]3OC[C@H]2O3)C(=O)O)O[C@@H]1COS(=O)(=O)O. The summed E-state index contributed by atoms with van der Waals surface area (Å²) in [6.07, 6.45) is -20.0. The number of nitrogens with one attached hydrogen (secondary N) is 2. The van der Waals surface area contributed by atoms with Gasteiger partial charge >= 0.3 is 37.0 Å². The second kappa shape index (κ2) is 16.1. The van der Waals surface area contributed by atoms with Crippen LogP contribution in [0.4, 0.5) is 0 Å². The minimum atomic E-state index is -5.18. The second-order valence-corrected chi connectivity index (χ2v) is 13.5. The Labute approximate surface area is 266 Å². The standard InChI is InChI=1S/C19H34N2O23S3/c1-37-14-8(5-39-47(34,35)36)42-19(11(12(14)24)21-46(31,32)33)40-6(2-22)16(17(26)27)44-9(3-23)43-15-7-4-38-18(41-7)10(13(15)25)20-45(28,29)30/h6-16,18-25H,2-5H2,1H3,(H,26,27)(H,28,29,30)(H,31,32,33)(H,34,35,36)/t6-,7+,8+,9+,10+,11+,12+,13+,14+,15+,16-,18+,19-/m0/s1. The highest BCUT2D eigenvalue weighted by Crippen LogP contribution is 2.32. The normalized spacial score (nSPS) is 35.3. The van der Waals surface area contributed by atoms with E-state index in [1.807, 2.05) is 0 Å². The molecular formula is C19H34N2O23S3. The Morgan fingerprint density at radius 2 is 1.49 bits per heavy atom. The van der Waals surface area contributed by atoms with Gasteiger partial charge in [0.05, 0.1) is 26.4 Å². The van der Waals surface area contributed by atoms with Crippen molar-refractivity contribution in [3.63, 3.8) is 0 Å². The fourth-order valence-corrected chi connectivity index (χ4v) is 6.40. The topological polar surface area (TPSA) is 379 Å². The number of aliphatic carboxylic acids is 1. The molecule has 28 heteroatoms. The van der Waals surface area contributed by atoms with Gasteiger partial charge in [-0.15, -0.1) is 0 Å². The second-order valence-electron chi connectivity index (χ2n) is 10.0. The van der Waals surface area contributed by atoms with Crippen molar-refractivity contribution in [1.82, 2.24) is 9.44 Å². The van der Waals surface area contributed by atoms with Gasteiger partial charge in [0.15, 0.2) is 25.0 Å². The summed E-state index contributed by atoms with van der Waals surface area (Å²) in [5.74, 6) is -1.92. The Morgan fingerprint density at radius 3 is 2.00 bits per heavy atom. The van der Waals surface area contributed by atoms with Crippen molar-refractivity contribution in [1.29, 1.82) is 0 Å². The summed E-state index contributed by atoms with van der Waals surface area (Å²) in [6.45, 7) is -3.82. The van der Waals surface area contributed by atoms with E-state index in [1.54, 1.807) is 9.44 Å². The van der Waals surface area contributed by atoms with Crippen molar-refractivity contribution in [3.8, 4) is 0 Å². The molecule has 2 bridgehead atoms. The van der Waals surface area contributed by atoms with Gasteiger partial charge in [-0.25, -0.2) is 8.98 Å². The summed E-state index contributed by atoms with van der Waals surface area (Å²) in [6, 6.07) is -3.70. The summed E-state index contributed by atoms with van der Waals surface area (Å²) in [7, 11) is -14.2. The molecule has 3 fully saturated rings. The van der Waals surface area contributed by atoms with Gasteiger partial charge < -0.3 is 58.7 Å². The zero-order chi connectivity index (χ0) is 35.5. The molecular weight excluding hydrogens is 720 g/mol. The predicted octanol–water partition coefficient (Wildman–Crippen LogP) is -6.90. The van der Waals surface area contributed by atoms with Crippen LogP contribution in [0.5, 0.6) is 0 Å². The quantitative estimate of drug-likeness (QED) is 0.0459. The van der Waals surface area contributed by atoms with Crippen LogP contribution < -0.4 is 9.44 Å². The number of rotatable bonds is 18. The first-order chi connectivity index (χ1) is 21.7. The molecule has 3 saturated heterocycles. The van der Waals surface area contributed by atoms with Crippen LogP contribution in [0.15, 0.2) is 0 Å². The van der Waals surface area contributed by atoms with Crippen LogP contribution in [-0.2, 0) is 73.1 Å². The molecule has 3 aliphatic rings. The number of carboxylic acid groups (broad SMARTS) is 1. The molecule has 3 aliphatic heterocycles. The Morgan fingerprint density at radius 1 is 0.894 bits per heavy atom. The number of aliphatic hydroxyl groups excluding tert-OH is 4. The fourth-order valence-electron chi connectivity index (χ4n) is 4.91. The molecule has 0 saturated carbocycles. The summed E-state index contributed by atoms with van der Waals surface area (Å²) in [5, 5.41) is 51.2. The largest absolute Gasteiger partial charge is 0.479 e. The lowest BCUT2D eigenvalue weighted by molar-refractivity contribution is -0.308. The van der Waals surface area contributed by atoms with E-state index in [9.17, 15) is 60.1 Å². The Hall–Kier alpha value is -1.36. The van der Waals surface area contributed by atoms with Gasteiger partial charge in [0.1, 0.15) is 54.8 Å². The van der Waals surface area contributed by atoms with E-state index in [0.29, 0.717) is 0 Å². The van der Waals surface area contributed by atoms with Crippen molar-refractivity contribution < 1.29 is 107 Å². The molecule has 47 heavy (non-hydrogen) atoms. The van der Waals surface area contributed by atoms with E-state index in [-0.39, 0.29) is 6.61 Å². The van der Waals surface area contributed by atoms with Gasteiger partial charge in [-0.05, 0) is 0 Å². The minimum absolute atomic E-state index is 0.298. The molecule has 0 radical (unpaired) electrons.